The molecule has 3 rings (SSSR count). The van der Waals surface area contributed by atoms with Crippen LogP contribution in [-0.2, 0) is 23.8 Å². The molecule has 0 unspecified atom stereocenters. The van der Waals surface area contributed by atoms with E-state index in [9.17, 15) is 9.59 Å². The first-order chi connectivity index (χ1) is 15.3. The van der Waals surface area contributed by atoms with Crippen molar-refractivity contribution in [2.45, 2.75) is 26.9 Å². The third-order valence-electron chi connectivity index (χ3n) is 5.74. The van der Waals surface area contributed by atoms with Crippen LogP contribution in [0.5, 0.6) is 11.5 Å². The zero-order valence-electron chi connectivity index (χ0n) is 18.9. The van der Waals surface area contributed by atoms with Gasteiger partial charge >= 0.3 is 11.9 Å². The Balaban J connectivity index is 1.57. The Labute approximate surface area is 189 Å². The zero-order chi connectivity index (χ0) is 23.1. The highest BCUT2D eigenvalue weighted by molar-refractivity contribution is 5.83. The number of rotatable bonds is 10. The standard InChI is InChI=1S/C26H30O6/c1-18(19-9-8-12-21(17-19)32-20-10-6-5-7-11-20)31-25(28)24-22(26(24,2)3)13-14-23(27)30-16-15-29-4/h5-14,17-18,22,24H,15-16H2,1-4H3/t18-,22+,24+/m1/s1. The van der Waals surface area contributed by atoms with Gasteiger partial charge in [-0.2, -0.15) is 0 Å². The lowest BCUT2D eigenvalue weighted by Gasteiger charge is -2.15. The van der Waals surface area contributed by atoms with Gasteiger partial charge in [-0.05, 0) is 48.1 Å². The fourth-order valence-electron chi connectivity index (χ4n) is 3.71. The molecular formula is C26H30O6. The van der Waals surface area contributed by atoms with E-state index in [-0.39, 0.29) is 29.8 Å². The van der Waals surface area contributed by atoms with Crippen LogP contribution in [0.2, 0.25) is 0 Å². The number of allylic oxidation sites excluding steroid dienone is 1. The number of benzene rings is 2. The van der Waals surface area contributed by atoms with Crippen LogP contribution in [0.15, 0.2) is 66.7 Å². The van der Waals surface area contributed by atoms with Crippen molar-refractivity contribution >= 4 is 11.9 Å². The molecule has 6 heteroatoms. The van der Waals surface area contributed by atoms with Gasteiger partial charge in [0.2, 0.25) is 0 Å². The lowest BCUT2D eigenvalue weighted by molar-refractivity contribution is -0.151. The molecule has 0 aliphatic heterocycles. The van der Waals surface area contributed by atoms with Gasteiger partial charge in [0.15, 0.2) is 0 Å². The Morgan fingerprint density at radius 3 is 2.47 bits per heavy atom. The minimum atomic E-state index is -0.444. The maximum absolute atomic E-state index is 12.8. The molecule has 0 heterocycles. The summed E-state index contributed by atoms with van der Waals surface area (Å²) in [7, 11) is 1.54. The molecular weight excluding hydrogens is 408 g/mol. The van der Waals surface area contributed by atoms with Crippen molar-refractivity contribution in [2.75, 3.05) is 20.3 Å². The van der Waals surface area contributed by atoms with Gasteiger partial charge in [0.1, 0.15) is 24.2 Å². The predicted octanol–water partition coefficient (Wildman–Crippen LogP) is 5.10. The van der Waals surface area contributed by atoms with Crippen molar-refractivity contribution < 1.29 is 28.5 Å². The molecule has 0 bridgehead atoms. The topological polar surface area (TPSA) is 71.1 Å². The monoisotopic (exact) mass is 438 g/mol. The summed E-state index contributed by atoms with van der Waals surface area (Å²) in [5, 5.41) is 0. The lowest BCUT2D eigenvalue weighted by atomic mass is 10.1. The number of hydrogen-bond acceptors (Lipinski definition) is 6. The van der Waals surface area contributed by atoms with Crippen LogP contribution in [0.25, 0.3) is 0 Å². The van der Waals surface area contributed by atoms with Crippen LogP contribution in [0, 0.1) is 17.3 Å². The molecule has 0 N–H and O–H groups in total. The van der Waals surface area contributed by atoms with Gasteiger partial charge in [0, 0.05) is 13.2 Å². The Morgan fingerprint density at radius 2 is 1.75 bits per heavy atom. The van der Waals surface area contributed by atoms with Crippen LogP contribution >= 0.6 is 0 Å². The summed E-state index contributed by atoms with van der Waals surface area (Å²) in [4.78, 5) is 24.6. The smallest absolute Gasteiger partial charge is 0.330 e. The quantitative estimate of drug-likeness (QED) is 0.292. The second-order valence-electron chi connectivity index (χ2n) is 8.41. The van der Waals surface area contributed by atoms with E-state index in [0.29, 0.717) is 12.4 Å². The molecule has 2 aromatic carbocycles. The first-order valence-electron chi connectivity index (χ1n) is 10.7. The van der Waals surface area contributed by atoms with Crippen LogP contribution in [-0.4, -0.2) is 32.3 Å². The number of methoxy groups -OCH3 is 1. The summed E-state index contributed by atoms with van der Waals surface area (Å²) in [6.45, 7) is 6.36. The molecule has 1 fully saturated rings. The van der Waals surface area contributed by atoms with Crippen LogP contribution < -0.4 is 4.74 Å². The Hall–Kier alpha value is -3.12. The molecule has 0 saturated heterocycles. The predicted molar refractivity (Wildman–Crippen MR) is 120 cm³/mol. The number of ether oxygens (including phenoxy) is 4. The molecule has 3 atom stereocenters. The van der Waals surface area contributed by atoms with Crippen LogP contribution in [0.1, 0.15) is 32.4 Å². The summed E-state index contributed by atoms with van der Waals surface area (Å²) >= 11 is 0. The summed E-state index contributed by atoms with van der Waals surface area (Å²) in [6.07, 6.45) is 2.69. The van der Waals surface area contributed by atoms with Crippen molar-refractivity contribution in [1.29, 1.82) is 0 Å². The molecule has 0 aromatic heterocycles. The molecule has 1 saturated carbocycles. The van der Waals surface area contributed by atoms with Crippen molar-refractivity contribution in [2.24, 2.45) is 17.3 Å². The third kappa shape index (κ3) is 5.98. The zero-order valence-corrected chi connectivity index (χ0v) is 18.9. The highest BCUT2D eigenvalue weighted by atomic mass is 16.6. The summed E-state index contributed by atoms with van der Waals surface area (Å²) in [5.41, 5.74) is 0.567. The number of para-hydroxylation sites is 1. The van der Waals surface area contributed by atoms with Crippen molar-refractivity contribution in [1.82, 2.24) is 0 Å². The summed E-state index contributed by atoms with van der Waals surface area (Å²) < 4.78 is 21.5. The molecule has 0 spiro atoms. The largest absolute Gasteiger partial charge is 0.460 e. The van der Waals surface area contributed by atoms with Gasteiger partial charge in [0.05, 0.1) is 12.5 Å². The van der Waals surface area contributed by atoms with Crippen molar-refractivity contribution in [3.05, 3.63) is 72.3 Å². The fraction of sp³-hybridized carbons (Fsp3) is 0.385. The van der Waals surface area contributed by atoms with Gasteiger partial charge in [-0.3, -0.25) is 4.79 Å². The highest BCUT2D eigenvalue weighted by Crippen LogP contribution is 2.59. The van der Waals surface area contributed by atoms with Crippen LogP contribution in [0.3, 0.4) is 0 Å². The van der Waals surface area contributed by atoms with E-state index in [1.807, 2.05) is 75.4 Å². The Bertz CT molecular complexity index is 950. The average Bonchev–Trinajstić information content (AvgIpc) is 3.33. The Kier molecular flexibility index (Phi) is 7.70. The summed E-state index contributed by atoms with van der Waals surface area (Å²) in [6, 6.07) is 17.0. The second-order valence-corrected chi connectivity index (χ2v) is 8.41. The number of esters is 2. The molecule has 0 amide bonds. The van der Waals surface area contributed by atoms with E-state index >= 15 is 0 Å². The number of carbonyl (C=O) groups excluding carboxylic acids is 2. The van der Waals surface area contributed by atoms with Crippen molar-refractivity contribution in [3.63, 3.8) is 0 Å². The normalized spacial score (nSPS) is 19.9. The van der Waals surface area contributed by atoms with E-state index in [1.165, 1.54) is 6.08 Å². The minimum Gasteiger partial charge on any atom is -0.460 e. The summed E-state index contributed by atoms with van der Waals surface area (Å²) in [5.74, 6) is 0.307. The molecule has 2 aromatic rings. The number of hydrogen-bond donors (Lipinski definition) is 0. The van der Waals surface area contributed by atoms with Gasteiger partial charge in [0.25, 0.3) is 0 Å². The van der Waals surface area contributed by atoms with Gasteiger partial charge < -0.3 is 18.9 Å². The molecule has 1 aliphatic rings. The van der Waals surface area contributed by atoms with E-state index in [1.54, 1.807) is 13.2 Å². The van der Waals surface area contributed by atoms with Gasteiger partial charge in [-0.1, -0.05) is 50.3 Å². The first-order valence-corrected chi connectivity index (χ1v) is 10.7. The maximum Gasteiger partial charge on any atom is 0.330 e. The number of carbonyl (C=O) groups is 2. The molecule has 170 valence electrons. The van der Waals surface area contributed by atoms with Gasteiger partial charge in [-0.15, -0.1) is 0 Å². The van der Waals surface area contributed by atoms with Gasteiger partial charge in [-0.25, -0.2) is 4.79 Å². The SMILES string of the molecule is COCCOC(=O)C=C[C@H]1[C@@H](C(=O)O[C@H](C)c2cccc(Oc3ccccc3)c2)C1(C)C. The maximum atomic E-state index is 12.8. The highest BCUT2D eigenvalue weighted by Gasteiger charge is 2.61. The van der Waals surface area contributed by atoms with Crippen LogP contribution in [0.4, 0.5) is 0 Å². The average molecular weight is 439 g/mol. The fourth-order valence-corrected chi connectivity index (χ4v) is 3.71. The third-order valence-corrected chi connectivity index (χ3v) is 5.74. The first kappa shape index (κ1) is 23.5. The van der Waals surface area contributed by atoms with E-state index in [0.717, 1.165) is 11.3 Å². The second kappa shape index (κ2) is 10.5. The Morgan fingerprint density at radius 1 is 1.03 bits per heavy atom. The molecule has 1 aliphatic carbocycles. The molecule has 0 radical (unpaired) electrons. The lowest BCUT2D eigenvalue weighted by Crippen LogP contribution is -2.13. The molecule has 6 nitrogen and oxygen atoms in total. The van der Waals surface area contributed by atoms with E-state index in [2.05, 4.69) is 0 Å². The van der Waals surface area contributed by atoms with E-state index in [4.69, 9.17) is 18.9 Å². The molecule has 32 heavy (non-hydrogen) atoms. The van der Waals surface area contributed by atoms with E-state index < -0.39 is 12.1 Å². The minimum absolute atomic E-state index is 0.0788. The van der Waals surface area contributed by atoms with Crippen molar-refractivity contribution in [3.8, 4) is 11.5 Å².